The molecule has 0 saturated carbocycles. The minimum absolute atomic E-state index is 0.0413. The second-order valence-corrected chi connectivity index (χ2v) is 5.91. The van der Waals surface area contributed by atoms with E-state index in [-0.39, 0.29) is 28.1 Å². The van der Waals surface area contributed by atoms with Crippen LogP contribution in [0.3, 0.4) is 0 Å². The third kappa shape index (κ3) is 2.30. The molecule has 0 unspecified atom stereocenters. The lowest BCUT2D eigenvalue weighted by Crippen LogP contribution is -2.27. The molecule has 0 atom stereocenters. The van der Waals surface area contributed by atoms with Crippen LogP contribution in [0.4, 0.5) is 0 Å². The molecule has 1 aromatic carbocycles. The Labute approximate surface area is 147 Å². The fraction of sp³-hybridized carbons (Fsp3) is 0.188. The predicted molar refractivity (Wildman–Crippen MR) is 92.9 cm³/mol. The van der Waals surface area contributed by atoms with Crippen LogP contribution < -0.4 is 10.3 Å². The van der Waals surface area contributed by atoms with Crippen LogP contribution in [-0.4, -0.2) is 27.2 Å². The molecule has 24 heavy (non-hydrogen) atoms. The quantitative estimate of drug-likeness (QED) is 0.668. The summed E-state index contributed by atoms with van der Waals surface area (Å²) >= 11 is 12.7. The highest BCUT2D eigenvalue weighted by molar-refractivity contribution is 6.45. The summed E-state index contributed by atoms with van der Waals surface area (Å²) in [5.74, 6) is -0.271. The molecule has 0 radical (unpaired) electrons. The first-order valence-corrected chi connectivity index (χ1v) is 7.75. The van der Waals surface area contributed by atoms with Gasteiger partial charge in [-0.05, 0) is 6.07 Å². The summed E-state index contributed by atoms with van der Waals surface area (Å²) in [6.45, 7) is 1.35. The topological polar surface area (TPSA) is 66.1 Å². The van der Waals surface area contributed by atoms with Crippen LogP contribution in [0.15, 0.2) is 29.1 Å². The van der Waals surface area contributed by atoms with Crippen molar-refractivity contribution in [2.24, 2.45) is 7.05 Å². The lowest BCUT2D eigenvalue weighted by Gasteiger charge is -2.14. The molecule has 124 valence electrons. The number of aromatic nitrogens is 3. The summed E-state index contributed by atoms with van der Waals surface area (Å²) in [5.41, 5.74) is 0.299. The van der Waals surface area contributed by atoms with Gasteiger partial charge in [-0.25, -0.2) is 4.68 Å². The fourth-order valence-corrected chi connectivity index (χ4v) is 3.13. The summed E-state index contributed by atoms with van der Waals surface area (Å²) in [4.78, 5) is 24.6. The zero-order valence-electron chi connectivity index (χ0n) is 13.1. The fourth-order valence-electron chi connectivity index (χ4n) is 2.61. The molecule has 3 rings (SSSR count). The SMILES string of the molecule is COc1c(C(C)=O)nn(C)c(=O)c1-n1c(Cl)c(Cl)c2ccccc21. The summed E-state index contributed by atoms with van der Waals surface area (Å²) < 4.78 is 7.88. The van der Waals surface area contributed by atoms with Crippen LogP contribution in [0.25, 0.3) is 16.6 Å². The molecule has 0 amide bonds. The number of aryl methyl sites for hydroxylation is 1. The normalized spacial score (nSPS) is 11.0. The zero-order valence-corrected chi connectivity index (χ0v) is 14.6. The van der Waals surface area contributed by atoms with Gasteiger partial charge in [-0.1, -0.05) is 41.4 Å². The van der Waals surface area contributed by atoms with Gasteiger partial charge >= 0.3 is 0 Å². The summed E-state index contributed by atoms with van der Waals surface area (Å²) in [6, 6.07) is 7.19. The van der Waals surface area contributed by atoms with E-state index in [1.165, 1.54) is 25.6 Å². The van der Waals surface area contributed by atoms with Gasteiger partial charge in [0, 0.05) is 19.4 Å². The van der Waals surface area contributed by atoms with Crippen molar-refractivity contribution in [3.63, 3.8) is 0 Å². The van der Waals surface area contributed by atoms with Crippen LogP contribution in [-0.2, 0) is 7.05 Å². The molecule has 2 aromatic heterocycles. The van der Waals surface area contributed by atoms with Crippen molar-refractivity contribution in [3.05, 3.63) is 50.5 Å². The van der Waals surface area contributed by atoms with Crippen molar-refractivity contribution in [2.75, 3.05) is 7.11 Å². The summed E-state index contributed by atoms with van der Waals surface area (Å²) in [5, 5.41) is 5.15. The lowest BCUT2D eigenvalue weighted by molar-refractivity contribution is 0.100. The molecule has 0 aliphatic heterocycles. The van der Waals surface area contributed by atoms with Gasteiger partial charge in [0.15, 0.2) is 22.9 Å². The van der Waals surface area contributed by atoms with E-state index < -0.39 is 5.56 Å². The van der Waals surface area contributed by atoms with Gasteiger partial charge in [0.25, 0.3) is 5.56 Å². The molecule has 2 heterocycles. The van der Waals surface area contributed by atoms with Crippen LogP contribution in [0, 0.1) is 0 Å². The molecule has 0 bridgehead atoms. The number of methoxy groups -OCH3 is 1. The minimum atomic E-state index is -0.462. The number of hydrogen-bond donors (Lipinski definition) is 0. The summed E-state index contributed by atoms with van der Waals surface area (Å²) in [7, 11) is 2.83. The molecule has 3 aromatic rings. The average molecular weight is 366 g/mol. The van der Waals surface area contributed by atoms with Crippen LogP contribution in [0.2, 0.25) is 10.2 Å². The molecule has 0 aliphatic carbocycles. The van der Waals surface area contributed by atoms with Crippen molar-refractivity contribution in [3.8, 4) is 11.4 Å². The first-order chi connectivity index (χ1) is 11.4. The Hall–Kier alpha value is -2.31. The first-order valence-electron chi connectivity index (χ1n) is 6.99. The largest absolute Gasteiger partial charge is 0.492 e. The summed E-state index contributed by atoms with van der Waals surface area (Å²) in [6.07, 6.45) is 0. The number of para-hydroxylation sites is 1. The Balaban J connectivity index is 2.54. The number of ether oxygens (including phenoxy) is 1. The molecule has 0 saturated heterocycles. The van der Waals surface area contributed by atoms with Crippen molar-refractivity contribution in [1.29, 1.82) is 0 Å². The average Bonchev–Trinajstić information content (AvgIpc) is 2.81. The van der Waals surface area contributed by atoms with Gasteiger partial charge in [-0.15, -0.1) is 0 Å². The number of nitrogens with zero attached hydrogens (tertiary/aromatic N) is 3. The van der Waals surface area contributed by atoms with Gasteiger partial charge in [0.2, 0.25) is 0 Å². The van der Waals surface area contributed by atoms with E-state index in [1.807, 2.05) is 6.07 Å². The Morgan fingerprint density at radius 2 is 1.92 bits per heavy atom. The Bertz CT molecular complexity index is 1040. The smallest absolute Gasteiger partial charge is 0.294 e. The number of carbonyl (C=O) groups is 1. The highest BCUT2D eigenvalue weighted by Gasteiger charge is 2.25. The molecule has 0 N–H and O–H groups in total. The van der Waals surface area contributed by atoms with E-state index in [0.717, 1.165) is 4.68 Å². The maximum atomic E-state index is 12.7. The van der Waals surface area contributed by atoms with Crippen LogP contribution >= 0.6 is 23.2 Å². The number of carbonyl (C=O) groups excluding carboxylic acids is 1. The minimum Gasteiger partial charge on any atom is -0.492 e. The molecule has 6 nitrogen and oxygen atoms in total. The van der Waals surface area contributed by atoms with Gasteiger partial charge in [0.05, 0.1) is 17.6 Å². The maximum Gasteiger partial charge on any atom is 0.294 e. The number of halogens is 2. The number of hydrogen-bond acceptors (Lipinski definition) is 4. The molecule has 8 heteroatoms. The van der Waals surface area contributed by atoms with Crippen molar-refractivity contribution in [1.82, 2.24) is 14.3 Å². The highest BCUT2D eigenvalue weighted by atomic mass is 35.5. The number of fused-ring (bicyclic) bond motifs is 1. The number of rotatable bonds is 3. The van der Waals surface area contributed by atoms with Crippen LogP contribution in [0.1, 0.15) is 17.4 Å². The second kappa shape index (κ2) is 5.96. The van der Waals surface area contributed by atoms with Gasteiger partial charge in [-0.2, -0.15) is 5.10 Å². The highest BCUT2D eigenvalue weighted by Crippen LogP contribution is 2.38. The lowest BCUT2D eigenvalue weighted by atomic mass is 10.2. The second-order valence-electron chi connectivity index (χ2n) is 5.17. The van der Waals surface area contributed by atoms with Crippen molar-refractivity contribution in [2.45, 2.75) is 6.92 Å². The maximum absolute atomic E-state index is 12.7. The van der Waals surface area contributed by atoms with Crippen molar-refractivity contribution >= 4 is 39.9 Å². The molecule has 0 spiro atoms. The standard InChI is InChI=1S/C16H13Cl2N3O3/c1-8(22)12-14(24-3)13(16(23)20(2)19-12)21-10-7-5-4-6-9(10)11(17)15(21)18/h4-7H,1-3H3. The predicted octanol–water partition coefficient (Wildman–Crippen LogP) is 3.24. The zero-order chi connectivity index (χ0) is 17.6. The monoisotopic (exact) mass is 365 g/mol. The van der Waals surface area contributed by atoms with E-state index in [9.17, 15) is 9.59 Å². The van der Waals surface area contributed by atoms with Crippen LogP contribution in [0.5, 0.6) is 5.75 Å². The van der Waals surface area contributed by atoms with Crippen molar-refractivity contribution < 1.29 is 9.53 Å². The first kappa shape index (κ1) is 16.5. The van der Waals surface area contributed by atoms with E-state index in [4.69, 9.17) is 27.9 Å². The number of Topliss-reactive ketones (excluding diaryl/α,β-unsaturated/α-hetero) is 1. The van der Waals surface area contributed by atoms with E-state index >= 15 is 0 Å². The molecule has 0 aliphatic rings. The Morgan fingerprint density at radius 3 is 2.54 bits per heavy atom. The number of ketones is 1. The number of benzene rings is 1. The van der Waals surface area contributed by atoms with E-state index in [2.05, 4.69) is 5.10 Å². The third-order valence-corrected chi connectivity index (χ3v) is 4.53. The van der Waals surface area contributed by atoms with E-state index in [0.29, 0.717) is 15.9 Å². The van der Waals surface area contributed by atoms with E-state index in [1.54, 1.807) is 18.2 Å². The molecule has 0 fully saturated rings. The molecular weight excluding hydrogens is 353 g/mol. The van der Waals surface area contributed by atoms with Gasteiger partial charge in [0.1, 0.15) is 5.15 Å². The Kier molecular flexibility index (Phi) is 4.11. The van der Waals surface area contributed by atoms with Gasteiger partial charge < -0.3 is 4.74 Å². The van der Waals surface area contributed by atoms with Gasteiger partial charge in [-0.3, -0.25) is 14.2 Å². The Morgan fingerprint density at radius 1 is 1.25 bits per heavy atom. The third-order valence-electron chi connectivity index (χ3n) is 3.70. The molecular formula is C16H13Cl2N3O3.